The largest absolute Gasteiger partial charge is 0.416 e. The third-order valence-electron chi connectivity index (χ3n) is 2.69. The van der Waals surface area contributed by atoms with Crippen LogP contribution in [0.1, 0.15) is 11.4 Å². The molecule has 0 bridgehead atoms. The number of hydrogen-bond donors (Lipinski definition) is 2. The van der Waals surface area contributed by atoms with E-state index in [0.717, 1.165) is 4.68 Å². The number of carbonyl (C=O) groups excluding carboxylic acids is 1. The summed E-state index contributed by atoms with van der Waals surface area (Å²) in [5.74, 6) is -0.848. The molecule has 0 aromatic carbocycles. The number of aliphatic hydroxyl groups is 1. The molecule has 0 spiro atoms. The highest BCUT2D eigenvalue weighted by Crippen LogP contribution is 2.21. The van der Waals surface area contributed by atoms with Crippen LogP contribution in [0.15, 0.2) is 0 Å². The predicted molar refractivity (Wildman–Crippen MR) is 63.4 cm³/mol. The molecule has 8 nitrogen and oxygen atoms in total. The fraction of sp³-hybridized carbons (Fsp3) is 0.600. The van der Waals surface area contributed by atoms with Gasteiger partial charge in [-0.3, -0.25) is 19.6 Å². The minimum atomic E-state index is -4.83. The van der Waals surface area contributed by atoms with Crippen LogP contribution >= 0.6 is 0 Å². The van der Waals surface area contributed by atoms with Crippen molar-refractivity contribution in [1.82, 2.24) is 15.1 Å². The molecule has 11 heteroatoms. The number of carbonyl (C=O) groups is 1. The van der Waals surface area contributed by atoms with Gasteiger partial charge in [0.2, 0.25) is 5.91 Å². The highest BCUT2D eigenvalue weighted by atomic mass is 19.4. The third kappa shape index (κ3) is 4.15. The molecule has 1 atom stereocenters. The van der Waals surface area contributed by atoms with E-state index in [-0.39, 0.29) is 17.1 Å². The Morgan fingerprint density at radius 2 is 2.10 bits per heavy atom. The minimum absolute atomic E-state index is 0.0978. The van der Waals surface area contributed by atoms with E-state index in [9.17, 15) is 28.1 Å². The summed E-state index contributed by atoms with van der Waals surface area (Å²) < 4.78 is 37.1. The van der Waals surface area contributed by atoms with Gasteiger partial charge in [-0.05, 0) is 13.8 Å². The third-order valence-corrected chi connectivity index (χ3v) is 2.69. The lowest BCUT2D eigenvalue weighted by atomic mass is 10.3. The quantitative estimate of drug-likeness (QED) is 0.606. The second-order valence-corrected chi connectivity index (χ2v) is 4.30. The van der Waals surface area contributed by atoms with E-state index in [1.54, 1.807) is 0 Å². The van der Waals surface area contributed by atoms with Gasteiger partial charge in [0.25, 0.3) is 0 Å². The van der Waals surface area contributed by atoms with Gasteiger partial charge in [0.1, 0.15) is 17.9 Å². The first-order valence-corrected chi connectivity index (χ1v) is 5.74. The average molecular weight is 310 g/mol. The summed E-state index contributed by atoms with van der Waals surface area (Å²) in [4.78, 5) is 21.6. The molecule has 1 unspecified atom stereocenters. The zero-order valence-corrected chi connectivity index (χ0v) is 11.1. The van der Waals surface area contributed by atoms with Gasteiger partial charge < -0.3 is 10.4 Å². The summed E-state index contributed by atoms with van der Waals surface area (Å²) >= 11 is 0. The standard InChI is InChI=1S/C10H13F3N4O4/c1-5-9(17(20)21)6(2)16(15-5)4-8(19)14-3-7(18)10(11,12)13/h7,18H,3-4H2,1-2H3,(H,14,19). The molecule has 0 radical (unpaired) electrons. The van der Waals surface area contributed by atoms with Crippen LogP contribution in [-0.2, 0) is 11.3 Å². The van der Waals surface area contributed by atoms with Crippen molar-refractivity contribution < 1.29 is 28.0 Å². The summed E-state index contributed by atoms with van der Waals surface area (Å²) in [6.07, 6.45) is -7.50. The maximum absolute atomic E-state index is 12.0. The zero-order valence-electron chi connectivity index (χ0n) is 11.1. The van der Waals surface area contributed by atoms with Crippen molar-refractivity contribution >= 4 is 11.6 Å². The molecule has 1 rings (SSSR count). The smallest absolute Gasteiger partial charge is 0.382 e. The number of rotatable bonds is 5. The fourth-order valence-electron chi connectivity index (χ4n) is 1.62. The van der Waals surface area contributed by atoms with Crippen LogP contribution in [0.5, 0.6) is 0 Å². The number of hydrogen-bond acceptors (Lipinski definition) is 5. The first-order valence-electron chi connectivity index (χ1n) is 5.74. The van der Waals surface area contributed by atoms with Crippen molar-refractivity contribution in [2.24, 2.45) is 0 Å². The molecule has 118 valence electrons. The van der Waals surface area contributed by atoms with Gasteiger partial charge in [0, 0.05) is 0 Å². The Morgan fingerprint density at radius 1 is 1.52 bits per heavy atom. The Bertz CT molecular complexity index is 555. The zero-order chi connectivity index (χ0) is 16.4. The molecular formula is C10H13F3N4O4. The van der Waals surface area contributed by atoms with E-state index in [1.807, 2.05) is 5.32 Å². The summed E-state index contributed by atoms with van der Waals surface area (Å²) in [6.45, 7) is 1.28. The Morgan fingerprint density at radius 3 is 2.52 bits per heavy atom. The molecule has 21 heavy (non-hydrogen) atoms. The van der Waals surface area contributed by atoms with E-state index in [0.29, 0.717) is 0 Å². The monoisotopic (exact) mass is 310 g/mol. The Balaban J connectivity index is 2.68. The number of aliphatic hydroxyl groups excluding tert-OH is 1. The lowest BCUT2D eigenvalue weighted by molar-refractivity contribution is -0.386. The molecule has 1 aromatic rings. The molecule has 1 aromatic heterocycles. The summed E-state index contributed by atoms with van der Waals surface area (Å²) in [5, 5.41) is 25.1. The maximum Gasteiger partial charge on any atom is 0.416 e. The number of nitro groups is 1. The van der Waals surface area contributed by atoms with Crippen LogP contribution in [0.4, 0.5) is 18.9 Å². The number of halogens is 3. The van der Waals surface area contributed by atoms with Crippen LogP contribution < -0.4 is 5.32 Å². The number of aryl methyl sites for hydroxylation is 1. The van der Waals surface area contributed by atoms with Crippen molar-refractivity contribution in [3.8, 4) is 0 Å². The number of amides is 1. The van der Waals surface area contributed by atoms with Crippen molar-refractivity contribution in [1.29, 1.82) is 0 Å². The molecule has 0 fully saturated rings. The molecule has 0 saturated heterocycles. The van der Waals surface area contributed by atoms with E-state index in [4.69, 9.17) is 5.11 Å². The number of nitrogens with one attached hydrogen (secondary N) is 1. The highest BCUT2D eigenvalue weighted by Gasteiger charge is 2.38. The second-order valence-electron chi connectivity index (χ2n) is 4.30. The molecule has 2 N–H and O–H groups in total. The van der Waals surface area contributed by atoms with Crippen molar-refractivity contribution in [2.75, 3.05) is 6.54 Å². The molecule has 0 aliphatic heterocycles. The fourth-order valence-corrected chi connectivity index (χ4v) is 1.62. The lowest BCUT2D eigenvalue weighted by Gasteiger charge is -2.15. The Kier molecular flexibility index (Phi) is 4.88. The van der Waals surface area contributed by atoms with E-state index >= 15 is 0 Å². The molecule has 0 aliphatic rings. The first kappa shape index (κ1) is 16.9. The van der Waals surface area contributed by atoms with Crippen LogP contribution in [0.3, 0.4) is 0 Å². The topological polar surface area (TPSA) is 110 Å². The van der Waals surface area contributed by atoms with E-state index in [1.165, 1.54) is 13.8 Å². The predicted octanol–water partition coefficient (Wildman–Crippen LogP) is 0.448. The van der Waals surface area contributed by atoms with Gasteiger partial charge in [-0.1, -0.05) is 0 Å². The van der Waals surface area contributed by atoms with Crippen molar-refractivity contribution in [2.45, 2.75) is 32.7 Å². The van der Waals surface area contributed by atoms with Crippen LogP contribution in [-0.4, -0.2) is 44.5 Å². The van der Waals surface area contributed by atoms with Gasteiger partial charge in [-0.25, -0.2) is 0 Å². The van der Waals surface area contributed by atoms with Crippen molar-refractivity contribution in [3.63, 3.8) is 0 Å². The number of aromatic nitrogens is 2. The molecule has 1 heterocycles. The van der Waals surface area contributed by atoms with Crippen LogP contribution in [0.2, 0.25) is 0 Å². The number of nitrogens with zero attached hydrogens (tertiary/aromatic N) is 3. The van der Waals surface area contributed by atoms with Crippen LogP contribution in [0.25, 0.3) is 0 Å². The summed E-state index contributed by atoms with van der Waals surface area (Å²) in [5.41, 5.74) is -0.0391. The molecule has 0 saturated carbocycles. The summed E-state index contributed by atoms with van der Waals surface area (Å²) in [7, 11) is 0. The van der Waals surface area contributed by atoms with Crippen molar-refractivity contribution in [3.05, 3.63) is 21.5 Å². The maximum atomic E-state index is 12.0. The van der Waals surface area contributed by atoms with E-state index < -0.39 is 36.2 Å². The van der Waals surface area contributed by atoms with Gasteiger partial charge in [-0.2, -0.15) is 18.3 Å². The van der Waals surface area contributed by atoms with Gasteiger partial charge in [-0.15, -0.1) is 0 Å². The molecule has 0 aliphatic carbocycles. The van der Waals surface area contributed by atoms with Gasteiger partial charge in [0.15, 0.2) is 6.10 Å². The SMILES string of the molecule is Cc1nn(CC(=O)NCC(O)C(F)(F)F)c(C)c1[N+](=O)[O-]. The Hall–Kier alpha value is -2.17. The first-order chi connectivity index (χ1) is 9.54. The number of alkyl halides is 3. The Labute approximate surface area is 116 Å². The normalized spacial score (nSPS) is 13.0. The van der Waals surface area contributed by atoms with Gasteiger partial charge in [0.05, 0.1) is 11.5 Å². The van der Waals surface area contributed by atoms with E-state index in [2.05, 4.69) is 5.10 Å². The second kappa shape index (κ2) is 6.08. The average Bonchev–Trinajstić information content (AvgIpc) is 2.60. The summed E-state index contributed by atoms with van der Waals surface area (Å²) in [6, 6.07) is 0. The molecule has 1 amide bonds. The minimum Gasteiger partial charge on any atom is -0.382 e. The highest BCUT2D eigenvalue weighted by molar-refractivity contribution is 5.75. The lowest BCUT2D eigenvalue weighted by Crippen LogP contribution is -2.41. The van der Waals surface area contributed by atoms with Crippen LogP contribution in [0, 0.1) is 24.0 Å². The van der Waals surface area contributed by atoms with Gasteiger partial charge >= 0.3 is 11.9 Å². The molecular weight excluding hydrogens is 297 g/mol.